The molecule has 0 fully saturated rings. The summed E-state index contributed by atoms with van der Waals surface area (Å²) < 4.78 is 0. The van der Waals surface area contributed by atoms with Gasteiger partial charge in [-0.05, 0) is 0 Å². The lowest BCUT2D eigenvalue weighted by atomic mass is 9.87. The van der Waals surface area contributed by atoms with Crippen LogP contribution in [0.2, 0.25) is 0 Å². The molecular weight excluding hydrogens is 564 g/mol. The van der Waals surface area contributed by atoms with Crippen molar-refractivity contribution in [1.29, 1.82) is 0 Å². The lowest BCUT2D eigenvalue weighted by Gasteiger charge is -2.27. The van der Waals surface area contributed by atoms with Crippen molar-refractivity contribution in [1.82, 2.24) is 21.3 Å². The van der Waals surface area contributed by atoms with Gasteiger partial charge < -0.3 is 46.8 Å². The van der Waals surface area contributed by atoms with Crippen molar-refractivity contribution >= 4 is 45.2 Å². The molecule has 0 aromatic rings. The van der Waals surface area contributed by atoms with Crippen LogP contribution in [0.4, 0.5) is 0 Å². The summed E-state index contributed by atoms with van der Waals surface area (Å²) in [6, 6.07) is 0. The number of aliphatic hydroxyl groups is 4. The molecule has 0 aliphatic heterocycles. The molecule has 40 heavy (non-hydrogen) atoms. The number of allylic oxidation sites excluding steroid dienone is 1. The van der Waals surface area contributed by atoms with Crippen LogP contribution in [0.1, 0.15) is 47.5 Å². The van der Waals surface area contributed by atoms with Crippen LogP contribution in [0.5, 0.6) is 0 Å². The van der Waals surface area contributed by atoms with Gasteiger partial charge in [-0.2, -0.15) is 0 Å². The maximum absolute atomic E-state index is 11.8. The Morgan fingerprint density at radius 1 is 0.725 bits per heavy atom. The molecule has 0 unspecified atom stereocenters. The highest BCUT2D eigenvalue weighted by Gasteiger charge is 2.33. The molecule has 0 rings (SSSR count). The lowest BCUT2D eigenvalue weighted by Crippen LogP contribution is -2.46. The SMILES string of the molecule is C=C(C)[O-].CC(C)(CO)[C@@H](O)C(=O)NCCC(=O)NCCSSCCNC(=O)CCNC(=O)[C@H](O)C(C)(C)CO. The standard InChI is InChI=1S/C22H42N4O8S2.C3H6O/c1-21(2,13-27)17(31)19(33)25-7-5-15(29)23-9-11-35-36-12-10-24-16(30)6-8-26-20(34)18(32)22(3,4)14-28;1-3(2)4/h17-18,27-28,31-32H,5-14H2,1-4H3,(H,23,29)(H,24,30)(H,25,33)(H,26,34);4H,1H2,2H3/p-1/t17-,18-;/m0./s1. The van der Waals surface area contributed by atoms with E-state index in [9.17, 15) is 44.7 Å². The zero-order chi connectivity index (χ0) is 31.4. The maximum Gasteiger partial charge on any atom is 0.249 e. The highest BCUT2D eigenvalue weighted by Crippen LogP contribution is 2.20. The van der Waals surface area contributed by atoms with Crippen molar-refractivity contribution in [2.75, 3.05) is 50.9 Å². The molecule has 2 atom stereocenters. The van der Waals surface area contributed by atoms with E-state index in [1.54, 1.807) is 27.7 Å². The third-order valence-electron chi connectivity index (χ3n) is 5.19. The van der Waals surface area contributed by atoms with E-state index in [0.717, 1.165) is 0 Å². The van der Waals surface area contributed by atoms with Crippen molar-refractivity contribution in [3.63, 3.8) is 0 Å². The molecule has 0 heterocycles. The summed E-state index contributed by atoms with van der Waals surface area (Å²) in [5.41, 5.74) is -1.94. The average molecular weight is 612 g/mol. The summed E-state index contributed by atoms with van der Waals surface area (Å²) in [5, 5.41) is 57.8. The summed E-state index contributed by atoms with van der Waals surface area (Å²) >= 11 is 0. The largest absolute Gasteiger partial charge is 0.876 e. The van der Waals surface area contributed by atoms with Crippen LogP contribution in [-0.2, 0) is 19.2 Å². The molecular formula is C25H47N4O9S2-. The topological polar surface area (TPSA) is 220 Å². The van der Waals surface area contributed by atoms with E-state index >= 15 is 0 Å². The van der Waals surface area contributed by atoms with Crippen molar-refractivity contribution < 1.29 is 44.7 Å². The van der Waals surface area contributed by atoms with Gasteiger partial charge in [0.15, 0.2) is 0 Å². The molecule has 0 saturated heterocycles. The Bertz CT molecular complexity index is 736. The Labute approximate surface area is 244 Å². The minimum Gasteiger partial charge on any atom is -0.876 e. The Kier molecular flexibility index (Phi) is 21.7. The fourth-order valence-corrected chi connectivity index (χ4v) is 4.25. The van der Waals surface area contributed by atoms with Crippen LogP contribution in [0.25, 0.3) is 0 Å². The van der Waals surface area contributed by atoms with Gasteiger partial charge in [0.2, 0.25) is 23.6 Å². The third kappa shape index (κ3) is 19.9. The summed E-state index contributed by atoms with van der Waals surface area (Å²) in [5.74, 6) is -0.512. The van der Waals surface area contributed by atoms with Crippen molar-refractivity contribution in [2.24, 2.45) is 10.8 Å². The van der Waals surface area contributed by atoms with Gasteiger partial charge in [-0.15, -0.1) is 12.3 Å². The molecule has 0 aromatic carbocycles. The van der Waals surface area contributed by atoms with Gasteiger partial charge in [-0.1, -0.05) is 56.2 Å². The van der Waals surface area contributed by atoms with Gasteiger partial charge in [-0.25, -0.2) is 0 Å². The second-order valence-corrected chi connectivity index (χ2v) is 12.9. The fraction of sp³-hybridized carbons (Fsp3) is 0.760. The Morgan fingerprint density at radius 2 is 1.02 bits per heavy atom. The quantitative estimate of drug-likeness (QED) is 0.0465. The van der Waals surface area contributed by atoms with E-state index < -0.39 is 34.9 Å². The van der Waals surface area contributed by atoms with E-state index in [1.165, 1.54) is 28.5 Å². The number of hydrogen-bond donors (Lipinski definition) is 8. The Balaban J connectivity index is 0. The minimum atomic E-state index is -1.37. The molecule has 4 amide bonds. The first-order valence-corrected chi connectivity index (χ1v) is 15.2. The van der Waals surface area contributed by atoms with Gasteiger partial charge in [0, 0.05) is 61.4 Å². The molecule has 0 spiro atoms. The monoisotopic (exact) mass is 611 g/mol. The van der Waals surface area contributed by atoms with Crippen molar-refractivity contribution in [3.05, 3.63) is 12.3 Å². The van der Waals surface area contributed by atoms with Crippen LogP contribution in [0.3, 0.4) is 0 Å². The van der Waals surface area contributed by atoms with Gasteiger partial charge in [0.25, 0.3) is 0 Å². The molecule has 0 saturated carbocycles. The number of rotatable bonds is 19. The molecule has 8 N–H and O–H groups in total. The zero-order valence-electron chi connectivity index (χ0n) is 24.1. The number of nitrogens with one attached hydrogen (secondary N) is 4. The van der Waals surface area contributed by atoms with E-state index in [-0.39, 0.29) is 56.7 Å². The highest BCUT2D eigenvalue weighted by molar-refractivity contribution is 8.76. The summed E-state index contributed by atoms with van der Waals surface area (Å²) in [4.78, 5) is 47.3. The maximum atomic E-state index is 11.8. The van der Waals surface area contributed by atoms with Crippen LogP contribution in [-0.4, -0.2) is 107 Å². The van der Waals surface area contributed by atoms with Crippen LogP contribution >= 0.6 is 21.6 Å². The molecule has 15 heteroatoms. The molecule has 0 radical (unpaired) electrons. The number of carbonyl (C=O) groups excluding carboxylic acids is 4. The summed E-state index contributed by atoms with van der Waals surface area (Å²) in [6.07, 6.45) is -2.59. The summed E-state index contributed by atoms with van der Waals surface area (Å²) in [6.45, 7) is 11.0. The van der Waals surface area contributed by atoms with Gasteiger partial charge >= 0.3 is 0 Å². The number of aliphatic hydroxyl groups excluding tert-OH is 4. The number of hydrogen-bond acceptors (Lipinski definition) is 11. The normalized spacial score (nSPS) is 12.7. The van der Waals surface area contributed by atoms with Crippen LogP contribution in [0.15, 0.2) is 12.3 Å². The predicted molar refractivity (Wildman–Crippen MR) is 155 cm³/mol. The van der Waals surface area contributed by atoms with E-state index in [0.29, 0.717) is 24.6 Å². The molecule has 13 nitrogen and oxygen atoms in total. The van der Waals surface area contributed by atoms with Gasteiger partial charge in [-0.3, -0.25) is 19.2 Å². The van der Waals surface area contributed by atoms with Crippen LogP contribution < -0.4 is 26.4 Å². The summed E-state index contributed by atoms with van der Waals surface area (Å²) in [7, 11) is 3.07. The first-order chi connectivity index (χ1) is 18.5. The van der Waals surface area contributed by atoms with Crippen LogP contribution in [0, 0.1) is 10.8 Å². The van der Waals surface area contributed by atoms with E-state index in [1.807, 2.05) is 0 Å². The zero-order valence-corrected chi connectivity index (χ0v) is 25.7. The predicted octanol–water partition coefficient (Wildman–Crippen LogP) is -1.75. The van der Waals surface area contributed by atoms with Gasteiger partial charge in [0.05, 0.1) is 13.2 Å². The first-order valence-electron chi connectivity index (χ1n) is 12.8. The molecule has 0 aliphatic carbocycles. The molecule has 0 aliphatic rings. The first kappa shape index (κ1) is 40.1. The Hall–Kier alpha value is -2.04. The van der Waals surface area contributed by atoms with Crippen molar-refractivity contribution in [3.8, 4) is 0 Å². The van der Waals surface area contributed by atoms with Crippen molar-refractivity contribution in [2.45, 2.75) is 59.7 Å². The van der Waals surface area contributed by atoms with E-state index in [4.69, 9.17) is 0 Å². The Morgan fingerprint density at radius 3 is 1.30 bits per heavy atom. The fourth-order valence-electron chi connectivity index (χ4n) is 2.43. The average Bonchev–Trinajstić information content (AvgIpc) is 2.88. The number of amides is 4. The molecule has 234 valence electrons. The molecule has 0 aromatic heterocycles. The second-order valence-electron chi connectivity index (χ2n) is 10.2. The second kappa shape index (κ2) is 21.7. The minimum absolute atomic E-state index is 0.0699. The van der Waals surface area contributed by atoms with Gasteiger partial charge in [0.1, 0.15) is 12.2 Å². The smallest absolute Gasteiger partial charge is 0.249 e. The third-order valence-corrected chi connectivity index (χ3v) is 7.60. The molecule has 0 bridgehead atoms. The number of carbonyl (C=O) groups is 4. The highest BCUT2D eigenvalue weighted by atomic mass is 33.1. The van der Waals surface area contributed by atoms with E-state index in [2.05, 4.69) is 27.8 Å². The lowest BCUT2D eigenvalue weighted by molar-refractivity contribution is -0.300.